The Bertz CT molecular complexity index is 429. The molecule has 1 aliphatic rings. The van der Waals surface area contributed by atoms with Crippen LogP contribution in [0.15, 0.2) is 21.6 Å². The second-order valence-corrected chi connectivity index (χ2v) is 4.39. The van der Waals surface area contributed by atoms with E-state index >= 15 is 0 Å². The van der Waals surface area contributed by atoms with Crippen LogP contribution in [0.2, 0.25) is 0 Å². The van der Waals surface area contributed by atoms with Gasteiger partial charge in [-0.25, -0.2) is 9.38 Å². The minimum Gasteiger partial charge on any atom is -0.447 e. The molecule has 1 aliphatic heterocycles. The first-order valence-corrected chi connectivity index (χ1v) is 5.53. The van der Waals surface area contributed by atoms with E-state index in [4.69, 9.17) is 4.74 Å². The van der Waals surface area contributed by atoms with Crippen LogP contribution in [0.4, 0.5) is 10.1 Å². The van der Waals surface area contributed by atoms with E-state index in [9.17, 15) is 4.39 Å². The van der Waals surface area contributed by atoms with Crippen LogP contribution in [0.25, 0.3) is 0 Å². The minimum absolute atomic E-state index is 0.454. The summed E-state index contributed by atoms with van der Waals surface area (Å²) in [5.41, 5.74) is 3.06. The fraction of sp³-hybridized carbons (Fsp3) is 0.364. The van der Waals surface area contributed by atoms with Gasteiger partial charge in [-0.15, -0.1) is 0 Å². The van der Waals surface area contributed by atoms with Gasteiger partial charge in [0.15, 0.2) is 5.90 Å². The molecule has 15 heavy (non-hydrogen) atoms. The molecule has 0 bridgehead atoms. The summed E-state index contributed by atoms with van der Waals surface area (Å²) in [7, 11) is 0. The van der Waals surface area contributed by atoms with E-state index in [1.54, 1.807) is 0 Å². The molecule has 0 amide bonds. The lowest BCUT2D eigenvalue weighted by atomic mass is 10.1. The first-order chi connectivity index (χ1) is 7.08. The van der Waals surface area contributed by atoms with Gasteiger partial charge >= 0.3 is 0 Å². The Balaban J connectivity index is 2.33. The van der Waals surface area contributed by atoms with Crippen molar-refractivity contribution in [1.29, 1.82) is 0 Å². The molecule has 0 aliphatic carbocycles. The number of rotatable bonds is 1. The van der Waals surface area contributed by atoms with Crippen LogP contribution >= 0.6 is 15.9 Å². The third kappa shape index (κ3) is 2.04. The van der Waals surface area contributed by atoms with Crippen LogP contribution in [0.1, 0.15) is 18.1 Å². The summed E-state index contributed by atoms with van der Waals surface area (Å²) in [4.78, 5) is 4.28. The topological polar surface area (TPSA) is 21.6 Å². The zero-order valence-electron chi connectivity index (χ0n) is 8.55. The molecule has 0 radical (unpaired) electrons. The lowest BCUT2D eigenvalue weighted by Crippen LogP contribution is -2.10. The summed E-state index contributed by atoms with van der Waals surface area (Å²) in [6.45, 7) is 3.34. The second-order valence-electron chi connectivity index (χ2n) is 3.53. The number of benzene rings is 1. The molecule has 1 heterocycles. The summed E-state index contributed by atoms with van der Waals surface area (Å²) < 4.78 is 18.6. The molecule has 0 saturated carbocycles. The number of fused-ring (bicyclic) bond motifs is 1. The molecule has 1 atom stereocenters. The number of halogens is 2. The maximum atomic E-state index is 12.7. The van der Waals surface area contributed by atoms with Crippen LogP contribution in [-0.2, 0) is 11.2 Å². The molecule has 2 rings (SSSR count). The first-order valence-electron chi connectivity index (χ1n) is 4.74. The lowest BCUT2D eigenvalue weighted by Gasteiger charge is -2.05. The molecule has 0 saturated heterocycles. The molecule has 1 aromatic rings. The third-order valence-corrected chi connectivity index (χ3v) is 3.03. The number of hydrogen-bond acceptors (Lipinski definition) is 2. The molecule has 2 nitrogen and oxygen atoms in total. The van der Waals surface area contributed by atoms with Crippen molar-refractivity contribution < 1.29 is 9.13 Å². The van der Waals surface area contributed by atoms with Gasteiger partial charge in [-0.05, 0) is 18.6 Å². The highest BCUT2D eigenvalue weighted by atomic mass is 79.9. The van der Waals surface area contributed by atoms with Gasteiger partial charge in [0.1, 0.15) is 0 Å². The molecule has 0 spiro atoms. The van der Waals surface area contributed by atoms with Gasteiger partial charge < -0.3 is 4.74 Å². The van der Waals surface area contributed by atoms with E-state index in [0.29, 0.717) is 12.3 Å². The van der Waals surface area contributed by atoms with Gasteiger partial charge in [-0.2, -0.15) is 0 Å². The van der Waals surface area contributed by atoms with Crippen molar-refractivity contribution in [3.8, 4) is 0 Å². The van der Waals surface area contributed by atoms with Crippen molar-refractivity contribution in [2.45, 2.75) is 26.6 Å². The van der Waals surface area contributed by atoms with Gasteiger partial charge in [0.25, 0.3) is 0 Å². The Labute approximate surface area is 96.3 Å². The monoisotopic (exact) mass is 271 g/mol. The molecule has 0 aromatic heterocycles. The van der Waals surface area contributed by atoms with Gasteiger partial charge in [0, 0.05) is 17.0 Å². The number of aryl methyl sites for hydroxylation is 1. The zero-order valence-corrected chi connectivity index (χ0v) is 10.1. The molecular weight excluding hydrogens is 261 g/mol. The van der Waals surface area contributed by atoms with Gasteiger partial charge in [0.05, 0.1) is 12.1 Å². The predicted octanol–water partition coefficient (Wildman–Crippen LogP) is 3.68. The van der Waals surface area contributed by atoms with Crippen molar-refractivity contribution in [2.24, 2.45) is 4.99 Å². The summed E-state index contributed by atoms with van der Waals surface area (Å²) >= 11 is 3.45. The van der Waals surface area contributed by atoms with Gasteiger partial charge in [-0.3, -0.25) is 0 Å². The van der Waals surface area contributed by atoms with Crippen LogP contribution < -0.4 is 0 Å². The molecular formula is C11H11BrFNO. The third-order valence-electron chi connectivity index (χ3n) is 2.29. The Morgan fingerprint density at radius 3 is 2.87 bits per heavy atom. The fourth-order valence-electron chi connectivity index (χ4n) is 1.62. The number of hydrogen-bond donors (Lipinski definition) is 0. The molecule has 0 N–H and O–H groups in total. The molecule has 4 heteroatoms. The Kier molecular flexibility index (Phi) is 2.78. The highest BCUT2D eigenvalue weighted by Crippen LogP contribution is 2.36. The SMILES string of the molecule is Cc1ccc(Br)c2c1N=C(OC(C)F)C2. The van der Waals surface area contributed by atoms with E-state index in [0.717, 1.165) is 21.3 Å². The number of aliphatic imine (C=N–C) groups is 1. The standard InChI is InChI=1S/C11H11BrFNO/c1-6-3-4-9(12)8-5-10(14-11(6)8)15-7(2)13/h3-4,7H,5H2,1-2H3. The van der Waals surface area contributed by atoms with Crippen molar-refractivity contribution in [1.82, 2.24) is 0 Å². The summed E-state index contributed by atoms with van der Waals surface area (Å²) in [5.74, 6) is 0.454. The molecule has 1 aromatic carbocycles. The number of ether oxygens (including phenoxy) is 1. The zero-order chi connectivity index (χ0) is 11.0. The first kappa shape index (κ1) is 10.6. The molecule has 0 fully saturated rings. The summed E-state index contributed by atoms with van der Waals surface area (Å²) in [6.07, 6.45) is -0.747. The molecule has 1 unspecified atom stereocenters. The lowest BCUT2D eigenvalue weighted by molar-refractivity contribution is 0.0720. The summed E-state index contributed by atoms with van der Waals surface area (Å²) in [6, 6.07) is 3.96. The Morgan fingerprint density at radius 2 is 2.27 bits per heavy atom. The highest BCUT2D eigenvalue weighted by Gasteiger charge is 2.21. The van der Waals surface area contributed by atoms with Crippen LogP contribution in [0.3, 0.4) is 0 Å². The van der Waals surface area contributed by atoms with Gasteiger partial charge in [0.2, 0.25) is 6.36 Å². The van der Waals surface area contributed by atoms with Crippen molar-refractivity contribution in [3.05, 3.63) is 27.7 Å². The van der Waals surface area contributed by atoms with Gasteiger partial charge in [-0.1, -0.05) is 22.0 Å². The summed E-state index contributed by atoms with van der Waals surface area (Å²) in [5, 5.41) is 0. The Morgan fingerprint density at radius 1 is 1.53 bits per heavy atom. The van der Waals surface area contributed by atoms with Crippen LogP contribution in [-0.4, -0.2) is 12.3 Å². The maximum absolute atomic E-state index is 12.7. The number of alkyl halides is 1. The minimum atomic E-state index is -1.31. The average molecular weight is 272 g/mol. The Hall–Kier alpha value is -0.900. The second kappa shape index (κ2) is 3.93. The quantitative estimate of drug-likeness (QED) is 0.764. The van der Waals surface area contributed by atoms with Crippen molar-refractivity contribution in [2.75, 3.05) is 0 Å². The van der Waals surface area contributed by atoms with E-state index in [-0.39, 0.29) is 0 Å². The van der Waals surface area contributed by atoms with E-state index < -0.39 is 6.36 Å². The molecule has 80 valence electrons. The largest absolute Gasteiger partial charge is 0.447 e. The van der Waals surface area contributed by atoms with Crippen molar-refractivity contribution >= 4 is 27.5 Å². The van der Waals surface area contributed by atoms with E-state index in [2.05, 4.69) is 20.9 Å². The van der Waals surface area contributed by atoms with Crippen LogP contribution in [0.5, 0.6) is 0 Å². The smallest absolute Gasteiger partial charge is 0.237 e. The maximum Gasteiger partial charge on any atom is 0.237 e. The van der Waals surface area contributed by atoms with Crippen molar-refractivity contribution in [3.63, 3.8) is 0 Å². The predicted molar refractivity (Wildman–Crippen MR) is 61.3 cm³/mol. The van der Waals surface area contributed by atoms with E-state index in [1.807, 2.05) is 19.1 Å². The fourth-order valence-corrected chi connectivity index (χ4v) is 2.08. The normalized spacial score (nSPS) is 15.9. The van der Waals surface area contributed by atoms with Crippen LogP contribution in [0, 0.1) is 6.92 Å². The average Bonchev–Trinajstić information content (AvgIpc) is 2.55. The number of nitrogens with zero attached hydrogens (tertiary/aromatic N) is 1. The van der Waals surface area contributed by atoms with E-state index in [1.165, 1.54) is 6.92 Å². The highest BCUT2D eigenvalue weighted by molar-refractivity contribution is 9.10.